The predicted octanol–water partition coefficient (Wildman–Crippen LogP) is -2.34. The normalized spacial score (nSPS) is 34.6. The maximum Gasteiger partial charge on any atom is 0.397 e. The third kappa shape index (κ3) is 5.11. The lowest BCUT2D eigenvalue weighted by Gasteiger charge is -2.27. The summed E-state index contributed by atoms with van der Waals surface area (Å²) in [6, 6.07) is 0. The van der Waals surface area contributed by atoms with Crippen LogP contribution in [0.4, 0.5) is 0 Å². The molecule has 0 heterocycles. The second-order valence-corrected chi connectivity index (χ2v) is 6.48. The average molecular weight is 330 g/mol. The highest BCUT2D eigenvalue weighted by Gasteiger charge is 2.43. The Labute approximate surface area is 122 Å². The lowest BCUT2D eigenvalue weighted by molar-refractivity contribution is -0.0522. The molecule has 0 aromatic carbocycles. The fourth-order valence-electron chi connectivity index (χ4n) is 2.77. The number of aliphatic hydroxyl groups excluding tert-OH is 5. The molecule has 10 heteroatoms. The SMILES string of the molecule is CC(O)[C@H](OS(=O)(=O)O)[C@H](O)CC1CC(O)[C@@H](O)[C@H]1CO. The van der Waals surface area contributed by atoms with E-state index < -0.39 is 59.4 Å². The highest BCUT2D eigenvalue weighted by molar-refractivity contribution is 7.80. The summed E-state index contributed by atoms with van der Waals surface area (Å²) in [5.74, 6) is -1.16. The van der Waals surface area contributed by atoms with Crippen LogP contribution in [0.3, 0.4) is 0 Å². The molecule has 7 atom stereocenters. The van der Waals surface area contributed by atoms with Gasteiger partial charge in [0.2, 0.25) is 0 Å². The van der Waals surface area contributed by atoms with E-state index in [1.807, 2.05) is 0 Å². The monoisotopic (exact) mass is 330 g/mol. The molecule has 1 saturated carbocycles. The average Bonchev–Trinajstić information content (AvgIpc) is 2.60. The molecule has 1 aliphatic rings. The molecule has 0 amide bonds. The Bertz CT molecular complexity index is 423. The van der Waals surface area contributed by atoms with Crippen LogP contribution in [0.25, 0.3) is 0 Å². The standard InChI is InChI=1S/C11H22O9S/c1-5(13)11(20-21(17,18)19)9(15)3-6-2-8(14)10(16)7(6)4-12/h5-16H,2-4H2,1H3,(H,17,18,19)/t5?,6?,7-,8?,9+,10-,11-/m0/s1. The second-order valence-electron chi connectivity index (χ2n) is 5.43. The van der Waals surface area contributed by atoms with Gasteiger partial charge in [0, 0.05) is 12.5 Å². The molecule has 1 fully saturated rings. The van der Waals surface area contributed by atoms with Gasteiger partial charge in [-0.2, -0.15) is 8.42 Å². The molecule has 0 radical (unpaired) electrons. The first-order chi connectivity index (χ1) is 9.56. The third-order valence-electron chi connectivity index (χ3n) is 3.83. The molecule has 9 nitrogen and oxygen atoms in total. The van der Waals surface area contributed by atoms with Crippen molar-refractivity contribution in [2.45, 2.75) is 50.3 Å². The van der Waals surface area contributed by atoms with Gasteiger partial charge in [0.1, 0.15) is 6.10 Å². The molecule has 0 bridgehead atoms. The third-order valence-corrected chi connectivity index (χ3v) is 4.29. The Kier molecular flexibility index (Phi) is 6.50. The van der Waals surface area contributed by atoms with Gasteiger partial charge in [0.15, 0.2) is 0 Å². The Morgan fingerprint density at radius 3 is 2.29 bits per heavy atom. The molecule has 0 aromatic rings. The summed E-state index contributed by atoms with van der Waals surface area (Å²) in [5.41, 5.74) is 0. The van der Waals surface area contributed by atoms with Crippen molar-refractivity contribution in [1.82, 2.24) is 0 Å². The van der Waals surface area contributed by atoms with Crippen molar-refractivity contribution >= 4 is 10.4 Å². The Morgan fingerprint density at radius 1 is 1.29 bits per heavy atom. The topological polar surface area (TPSA) is 165 Å². The van der Waals surface area contributed by atoms with Crippen LogP contribution in [0.1, 0.15) is 19.8 Å². The highest BCUT2D eigenvalue weighted by Crippen LogP contribution is 2.36. The molecule has 126 valence electrons. The first-order valence-electron chi connectivity index (χ1n) is 6.55. The zero-order valence-electron chi connectivity index (χ0n) is 11.5. The van der Waals surface area contributed by atoms with E-state index >= 15 is 0 Å². The smallest absolute Gasteiger partial charge is 0.396 e. The number of hydrogen-bond acceptors (Lipinski definition) is 8. The zero-order valence-corrected chi connectivity index (χ0v) is 12.3. The van der Waals surface area contributed by atoms with Gasteiger partial charge in [0.05, 0.1) is 24.4 Å². The predicted molar refractivity (Wildman–Crippen MR) is 69.4 cm³/mol. The molecular weight excluding hydrogens is 308 g/mol. The van der Waals surface area contributed by atoms with Gasteiger partial charge in [-0.3, -0.25) is 4.55 Å². The molecular formula is C11H22O9S. The Hall–Kier alpha value is -0.330. The van der Waals surface area contributed by atoms with Crippen LogP contribution in [0.2, 0.25) is 0 Å². The van der Waals surface area contributed by atoms with Crippen molar-refractivity contribution in [1.29, 1.82) is 0 Å². The van der Waals surface area contributed by atoms with E-state index in [2.05, 4.69) is 4.18 Å². The molecule has 1 rings (SSSR count). The lowest BCUT2D eigenvalue weighted by Crippen LogP contribution is -2.41. The molecule has 1 aliphatic carbocycles. The van der Waals surface area contributed by atoms with E-state index in [0.717, 1.165) is 0 Å². The minimum atomic E-state index is -4.86. The maximum absolute atomic E-state index is 10.7. The largest absolute Gasteiger partial charge is 0.397 e. The molecule has 0 aromatic heterocycles. The summed E-state index contributed by atoms with van der Waals surface area (Å²) >= 11 is 0. The van der Waals surface area contributed by atoms with E-state index in [1.165, 1.54) is 6.92 Å². The minimum absolute atomic E-state index is 0.113. The van der Waals surface area contributed by atoms with Crippen LogP contribution < -0.4 is 0 Å². The van der Waals surface area contributed by atoms with Crippen LogP contribution in [0.15, 0.2) is 0 Å². The van der Waals surface area contributed by atoms with Gasteiger partial charge < -0.3 is 25.5 Å². The number of hydrogen-bond donors (Lipinski definition) is 6. The number of rotatable bonds is 7. The van der Waals surface area contributed by atoms with Crippen molar-refractivity contribution in [2.75, 3.05) is 6.61 Å². The Balaban J connectivity index is 2.75. The van der Waals surface area contributed by atoms with Crippen LogP contribution in [0, 0.1) is 11.8 Å². The molecule has 21 heavy (non-hydrogen) atoms. The number of aliphatic hydroxyl groups is 5. The lowest BCUT2D eigenvalue weighted by atomic mass is 9.88. The van der Waals surface area contributed by atoms with Crippen LogP contribution in [-0.4, -0.2) is 75.6 Å². The maximum atomic E-state index is 10.7. The van der Waals surface area contributed by atoms with E-state index in [1.54, 1.807) is 0 Å². The summed E-state index contributed by atoms with van der Waals surface area (Å²) in [5, 5.41) is 47.8. The molecule has 0 spiro atoms. The summed E-state index contributed by atoms with van der Waals surface area (Å²) < 4.78 is 34.3. The fourth-order valence-corrected chi connectivity index (χ4v) is 3.34. The molecule has 6 N–H and O–H groups in total. The van der Waals surface area contributed by atoms with E-state index in [-0.39, 0.29) is 12.8 Å². The summed E-state index contributed by atoms with van der Waals surface area (Å²) in [4.78, 5) is 0. The minimum Gasteiger partial charge on any atom is -0.396 e. The van der Waals surface area contributed by atoms with Crippen LogP contribution in [0.5, 0.6) is 0 Å². The second kappa shape index (κ2) is 7.29. The Morgan fingerprint density at radius 2 is 1.86 bits per heavy atom. The van der Waals surface area contributed by atoms with Crippen LogP contribution in [-0.2, 0) is 14.6 Å². The van der Waals surface area contributed by atoms with Crippen LogP contribution >= 0.6 is 0 Å². The summed E-state index contributed by atoms with van der Waals surface area (Å²) in [6.07, 6.45) is -6.64. The van der Waals surface area contributed by atoms with Gasteiger partial charge in [0.25, 0.3) is 0 Å². The van der Waals surface area contributed by atoms with Crippen molar-refractivity contribution in [2.24, 2.45) is 11.8 Å². The zero-order chi connectivity index (χ0) is 16.4. The van der Waals surface area contributed by atoms with Crippen molar-refractivity contribution in [3.05, 3.63) is 0 Å². The summed E-state index contributed by atoms with van der Waals surface area (Å²) in [6.45, 7) is 0.773. The highest BCUT2D eigenvalue weighted by atomic mass is 32.3. The first-order valence-corrected chi connectivity index (χ1v) is 7.92. The van der Waals surface area contributed by atoms with Crippen molar-refractivity contribution in [3.8, 4) is 0 Å². The van der Waals surface area contributed by atoms with Gasteiger partial charge in [-0.15, -0.1) is 0 Å². The van der Waals surface area contributed by atoms with Gasteiger partial charge in [-0.25, -0.2) is 4.18 Å². The van der Waals surface area contributed by atoms with Gasteiger partial charge >= 0.3 is 10.4 Å². The molecule has 3 unspecified atom stereocenters. The van der Waals surface area contributed by atoms with E-state index in [0.29, 0.717) is 0 Å². The van der Waals surface area contributed by atoms with Gasteiger partial charge in [-0.05, 0) is 25.7 Å². The van der Waals surface area contributed by atoms with E-state index in [9.17, 15) is 34.0 Å². The molecule has 0 saturated heterocycles. The van der Waals surface area contributed by atoms with Gasteiger partial charge in [-0.1, -0.05) is 0 Å². The fraction of sp³-hybridized carbons (Fsp3) is 1.00. The summed E-state index contributed by atoms with van der Waals surface area (Å²) in [7, 11) is -4.86. The molecule has 0 aliphatic heterocycles. The quantitative estimate of drug-likeness (QED) is 0.280. The van der Waals surface area contributed by atoms with Crippen molar-refractivity contribution < 1.29 is 42.7 Å². The van der Waals surface area contributed by atoms with E-state index in [4.69, 9.17) is 4.55 Å². The first kappa shape index (κ1) is 18.7. The van der Waals surface area contributed by atoms with Crippen molar-refractivity contribution in [3.63, 3.8) is 0 Å².